The van der Waals surface area contributed by atoms with Gasteiger partial charge in [-0.1, -0.05) is 55.3 Å². The Balaban J connectivity index is 2.10. The maximum absolute atomic E-state index is 12.7. The molecule has 5 nitrogen and oxygen atoms in total. The molecule has 0 heterocycles. The van der Waals surface area contributed by atoms with E-state index >= 15 is 0 Å². The van der Waals surface area contributed by atoms with Crippen molar-refractivity contribution in [3.8, 4) is 6.07 Å². The number of carbonyl (C=O) groups excluding carboxylic acids is 2. The molecule has 1 amide bonds. The predicted octanol–water partition coefficient (Wildman–Crippen LogP) is 4.88. The molecule has 2 aromatic carbocycles. The van der Waals surface area contributed by atoms with E-state index in [0.29, 0.717) is 10.7 Å². The van der Waals surface area contributed by atoms with Crippen LogP contribution in [0, 0.1) is 24.2 Å². The summed E-state index contributed by atoms with van der Waals surface area (Å²) < 4.78 is 5.37. The number of hydrogen-bond donors (Lipinski definition) is 0. The lowest BCUT2D eigenvalue weighted by molar-refractivity contribution is -0.150. The fourth-order valence-corrected chi connectivity index (χ4v) is 3.17. The Morgan fingerprint density at radius 1 is 1.10 bits per heavy atom. The van der Waals surface area contributed by atoms with Crippen LogP contribution in [0.1, 0.15) is 37.3 Å². The van der Waals surface area contributed by atoms with E-state index in [0.717, 1.165) is 11.1 Å². The number of nitrogens with zero attached hydrogens (tertiary/aromatic N) is 2. The molecule has 29 heavy (non-hydrogen) atoms. The molecular formula is C23H25ClN2O3. The summed E-state index contributed by atoms with van der Waals surface area (Å²) in [5, 5.41) is 9.49. The molecule has 0 unspecified atom stereocenters. The van der Waals surface area contributed by atoms with Gasteiger partial charge in [-0.3, -0.25) is 9.59 Å². The molecule has 0 fully saturated rings. The van der Waals surface area contributed by atoms with Crippen molar-refractivity contribution in [1.82, 2.24) is 0 Å². The Morgan fingerprint density at radius 3 is 2.28 bits per heavy atom. The monoisotopic (exact) mass is 412 g/mol. The number of hydrogen-bond acceptors (Lipinski definition) is 4. The summed E-state index contributed by atoms with van der Waals surface area (Å²) in [6, 6.07) is 16.5. The Morgan fingerprint density at radius 2 is 1.72 bits per heavy atom. The van der Waals surface area contributed by atoms with Crippen LogP contribution in [0.5, 0.6) is 0 Å². The predicted molar refractivity (Wildman–Crippen MR) is 114 cm³/mol. The van der Waals surface area contributed by atoms with Crippen molar-refractivity contribution in [3.05, 3.63) is 64.7 Å². The van der Waals surface area contributed by atoms with Crippen LogP contribution >= 0.6 is 11.6 Å². The number of halogens is 1. The largest absolute Gasteiger partial charge is 0.455 e. The lowest BCUT2D eigenvalue weighted by Gasteiger charge is -2.23. The van der Waals surface area contributed by atoms with E-state index in [-0.39, 0.29) is 31.4 Å². The molecular weight excluding hydrogens is 388 g/mol. The first-order valence-electron chi connectivity index (χ1n) is 9.49. The molecule has 0 saturated heterocycles. The molecule has 0 aliphatic carbocycles. The normalized spacial score (nSPS) is 11.6. The van der Waals surface area contributed by atoms with Crippen LogP contribution in [-0.2, 0) is 14.3 Å². The standard InChI is InChI=1S/C23H25ClN2O3/c1-16(2)22(18-7-9-19(24)10-8-18)23(28)29-15-21(27)26(14-4-13-25)20-11-5-17(3)6-12-20/h5-12,16,22H,4,14-15H2,1-3H3/t22-/m1/s1. The molecule has 0 aliphatic heterocycles. The van der Waals surface area contributed by atoms with E-state index in [2.05, 4.69) is 0 Å². The zero-order valence-electron chi connectivity index (χ0n) is 16.9. The summed E-state index contributed by atoms with van der Waals surface area (Å²) in [4.78, 5) is 26.9. The van der Waals surface area contributed by atoms with Crippen molar-refractivity contribution in [3.63, 3.8) is 0 Å². The van der Waals surface area contributed by atoms with E-state index < -0.39 is 11.9 Å². The van der Waals surface area contributed by atoms with Gasteiger partial charge in [-0.2, -0.15) is 5.26 Å². The Labute approximate surface area is 176 Å². The first-order chi connectivity index (χ1) is 13.8. The SMILES string of the molecule is Cc1ccc(N(CCC#N)C(=O)COC(=O)[C@@H](c2ccc(Cl)cc2)C(C)C)cc1. The number of benzene rings is 2. The Kier molecular flexibility index (Phi) is 8.23. The molecule has 0 radical (unpaired) electrons. The molecule has 0 aromatic heterocycles. The first-order valence-corrected chi connectivity index (χ1v) is 9.87. The quantitative estimate of drug-likeness (QED) is 0.579. The van der Waals surface area contributed by atoms with Crippen LogP contribution in [-0.4, -0.2) is 25.0 Å². The minimum atomic E-state index is -0.494. The molecule has 0 N–H and O–H groups in total. The highest BCUT2D eigenvalue weighted by atomic mass is 35.5. The van der Waals surface area contributed by atoms with Crippen molar-refractivity contribution < 1.29 is 14.3 Å². The lowest BCUT2D eigenvalue weighted by atomic mass is 9.88. The second-order valence-corrected chi connectivity index (χ2v) is 7.61. The molecule has 0 bridgehead atoms. The van der Waals surface area contributed by atoms with Crippen molar-refractivity contribution >= 4 is 29.2 Å². The van der Waals surface area contributed by atoms with Crippen LogP contribution in [0.2, 0.25) is 5.02 Å². The van der Waals surface area contributed by atoms with Crippen molar-refractivity contribution in [2.75, 3.05) is 18.1 Å². The third-order valence-corrected chi connectivity index (χ3v) is 4.83. The highest BCUT2D eigenvalue weighted by molar-refractivity contribution is 6.30. The number of aryl methyl sites for hydroxylation is 1. The minimum absolute atomic E-state index is 0.00873. The average molecular weight is 413 g/mol. The highest BCUT2D eigenvalue weighted by Gasteiger charge is 2.27. The third-order valence-electron chi connectivity index (χ3n) is 4.58. The summed E-state index contributed by atoms with van der Waals surface area (Å²) in [6.07, 6.45) is 0.187. The van der Waals surface area contributed by atoms with Gasteiger partial charge < -0.3 is 9.64 Å². The zero-order valence-corrected chi connectivity index (χ0v) is 17.6. The Bertz CT molecular complexity index is 870. The van der Waals surface area contributed by atoms with Gasteiger partial charge in [0.1, 0.15) is 0 Å². The molecule has 152 valence electrons. The van der Waals surface area contributed by atoms with Gasteiger partial charge in [0, 0.05) is 17.3 Å². The van der Waals surface area contributed by atoms with E-state index in [9.17, 15) is 9.59 Å². The number of esters is 1. The number of rotatable bonds is 8. The number of anilines is 1. The average Bonchev–Trinajstić information content (AvgIpc) is 2.69. The van der Waals surface area contributed by atoms with Gasteiger partial charge in [0.2, 0.25) is 0 Å². The van der Waals surface area contributed by atoms with Gasteiger partial charge in [0.25, 0.3) is 5.91 Å². The molecule has 6 heteroatoms. The molecule has 2 rings (SSSR count). The van der Waals surface area contributed by atoms with E-state index in [1.807, 2.05) is 51.1 Å². The summed E-state index contributed by atoms with van der Waals surface area (Å²) in [5.41, 5.74) is 2.53. The van der Waals surface area contributed by atoms with Crippen LogP contribution < -0.4 is 4.90 Å². The van der Waals surface area contributed by atoms with Crippen LogP contribution in [0.25, 0.3) is 0 Å². The van der Waals surface area contributed by atoms with Gasteiger partial charge >= 0.3 is 5.97 Å². The number of carbonyl (C=O) groups is 2. The summed E-state index contributed by atoms with van der Waals surface area (Å²) in [5.74, 6) is -1.33. The smallest absolute Gasteiger partial charge is 0.314 e. The summed E-state index contributed by atoms with van der Waals surface area (Å²) in [6.45, 7) is 5.66. The fourth-order valence-electron chi connectivity index (χ4n) is 3.05. The van der Waals surface area contributed by atoms with E-state index in [4.69, 9.17) is 21.6 Å². The zero-order chi connectivity index (χ0) is 21.4. The maximum atomic E-state index is 12.7. The number of ether oxygens (including phenoxy) is 1. The van der Waals surface area contributed by atoms with Crippen molar-refractivity contribution in [2.24, 2.45) is 5.92 Å². The first kappa shape index (κ1) is 22.4. The minimum Gasteiger partial charge on any atom is -0.455 e. The highest BCUT2D eigenvalue weighted by Crippen LogP contribution is 2.27. The van der Waals surface area contributed by atoms with Gasteiger partial charge in [0.05, 0.1) is 18.4 Å². The van der Waals surface area contributed by atoms with Gasteiger partial charge in [-0.15, -0.1) is 0 Å². The van der Waals surface area contributed by atoms with Crippen molar-refractivity contribution in [1.29, 1.82) is 5.26 Å². The molecule has 0 aliphatic rings. The number of amides is 1. The Hall–Kier alpha value is -2.84. The van der Waals surface area contributed by atoms with Gasteiger partial charge in [0.15, 0.2) is 6.61 Å². The van der Waals surface area contributed by atoms with E-state index in [1.54, 1.807) is 24.3 Å². The molecule has 1 atom stereocenters. The topological polar surface area (TPSA) is 70.4 Å². The van der Waals surface area contributed by atoms with Crippen LogP contribution in [0.3, 0.4) is 0 Å². The molecule has 0 spiro atoms. The van der Waals surface area contributed by atoms with Crippen LogP contribution in [0.4, 0.5) is 5.69 Å². The van der Waals surface area contributed by atoms with Crippen LogP contribution in [0.15, 0.2) is 48.5 Å². The molecule has 0 saturated carbocycles. The second-order valence-electron chi connectivity index (χ2n) is 7.17. The second kappa shape index (κ2) is 10.6. The van der Waals surface area contributed by atoms with E-state index in [1.165, 1.54) is 4.90 Å². The third kappa shape index (κ3) is 6.33. The molecule has 2 aromatic rings. The van der Waals surface area contributed by atoms with Gasteiger partial charge in [-0.25, -0.2) is 0 Å². The van der Waals surface area contributed by atoms with Crippen molar-refractivity contribution in [2.45, 2.75) is 33.1 Å². The lowest BCUT2D eigenvalue weighted by Crippen LogP contribution is -2.36. The fraction of sp³-hybridized carbons (Fsp3) is 0.348. The number of nitriles is 1. The maximum Gasteiger partial charge on any atom is 0.314 e. The van der Waals surface area contributed by atoms with Gasteiger partial charge in [-0.05, 0) is 42.7 Å². The summed E-state index contributed by atoms with van der Waals surface area (Å²) >= 11 is 5.93. The summed E-state index contributed by atoms with van der Waals surface area (Å²) in [7, 11) is 0.